The Kier molecular flexibility index (Phi) is 5.39. The van der Waals surface area contributed by atoms with Crippen molar-refractivity contribution in [1.82, 2.24) is 9.88 Å². The highest BCUT2D eigenvalue weighted by Crippen LogP contribution is 2.30. The third-order valence-electron chi connectivity index (χ3n) is 4.70. The quantitative estimate of drug-likeness (QED) is 0.566. The minimum absolute atomic E-state index is 0.0765. The van der Waals surface area contributed by atoms with Crippen molar-refractivity contribution in [2.45, 2.75) is 39.0 Å². The van der Waals surface area contributed by atoms with Crippen molar-refractivity contribution < 1.29 is 13.9 Å². The maximum atomic E-state index is 14.0. The van der Waals surface area contributed by atoms with Crippen LogP contribution in [0.15, 0.2) is 53.9 Å². The zero-order valence-electron chi connectivity index (χ0n) is 15.6. The number of amides is 1. The Labute approximate surface area is 167 Å². The number of aromatic nitrogens is 1. The van der Waals surface area contributed by atoms with Gasteiger partial charge in [0.05, 0.1) is 10.7 Å². The lowest BCUT2D eigenvalue weighted by atomic mass is 10.1. The second kappa shape index (κ2) is 8.10. The molecule has 6 heteroatoms. The summed E-state index contributed by atoms with van der Waals surface area (Å²) in [5.74, 6) is 0.337. The summed E-state index contributed by atoms with van der Waals surface area (Å²) in [6.07, 6.45) is 1.93. The van der Waals surface area contributed by atoms with Crippen LogP contribution in [0.2, 0.25) is 0 Å². The van der Waals surface area contributed by atoms with Crippen molar-refractivity contribution in [3.8, 4) is 5.75 Å². The minimum Gasteiger partial charge on any atom is -0.487 e. The number of hydrogen-bond acceptors (Lipinski definition) is 4. The first kappa shape index (κ1) is 18.6. The van der Waals surface area contributed by atoms with E-state index in [2.05, 4.69) is 4.98 Å². The second-order valence-electron chi connectivity index (χ2n) is 6.93. The number of ether oxygens (including phenoxy) is 1. The molecule has 1 heterocycles. The molecule has 0 spiro atoms. The number of benzene rings is 2. The highest BCUT2D eigenvalue weighted by molar-refractivity contribution is 7.09. The predicted octanol–water partition coefficient (Wildman–Crippen LogP) is 4.97. The van der Waals surface area contributed by atoms with E-state index in [9.17, 15) is 9.18 Å². The molecule has 0 atom stereocenters. The molecular formula is C22H21FN2O2S. The lowest BCUT2D eigenvalue weighted by molar-refractivity contribution is 0.0728. The van der Waals surface area contributed by atoms with E-state index in [4.69, 9.17) is 4.74 Å². The molecule has 0 bridgehead atoms. The smallest absolute Gasteiger partial charge is 0.254 e. The average molecular weight is 396 g/mol. The lowest BCUT2D eigenvalue weighted by Gasteiger charge is -2.23. The monoisotopic (exact) mass is 396 g/mol. The fraction of sp³-hybridized carbons (Fsp3) is 0.273. The number of aryl methyl sites for hydroxylation is 1. The van der Waals surface area contributed by atoms with E-state index in [1.165, 1.54) is 6.07 Å². The Hall–Kier alpha value is -2.73. The number of thiazole rings is 1. The molecule has 144 valence electrons. The van der Waals surface area contributed by atoms with Crippen molar-refractivity contribution in [2.24, 2.45) is 0 Å². The van der Waals surface area contributed by atoms with E-state index in [0.717, 1.165) is 23.5 Å². The number of halogens is 1. The first-order valence-corrected chi connectivity index (χ1v) is 10.2. The van der Waals surface area contributed by atoms with Crippen LogP contribution in [0.4, 0.5) is 4.39 Å². The number of rotatable bonds is 7. The summed E-state index contributed by atoms with van der Waals surface area (Å²) in [5.41, 5.74) is 2.02. The number of nitrogens with zero attached hydrogens (tertiary/aromatic N) is 2. The molecule has 1 fully saturated rings. The topological polar surface area (TPSA) is 42.4 Å². The molecule has 1 aliphatic rings. The van der Waals surface area contributed by atoms with Crippen LogP contribution < -0.4 is 4.74 Å². The summed E-state index contributed by atoms with van der Waals surface area (Å²) in [7, 11) is 0. The Balaban J connectivity index is 1.43. The summed E-state index contributed by atoms with van der Waals surface area (Å²) in [6.45, 7) is 2.65. The van der Waals surface area contributed by atoms with Gasteiger partial charge >= 0.3 is 0 Å². The number of carbonyl (C=O) groups is 1. The third-order valence-corrected chi connectivity index (χ3v) is 5.52. The molecule has 0 saturated heterocycles. The normalized spacial score (nSPS) is 13.4. The molecule has 0 aliphatic heterocycles. The van der Waals surface area contributed by atoms with Gasteiger partial charge in [-0.25, -0.2) is 9.37 Å². The van der Waals surface area contributed by atoms with Crippen LogP contribution in [0.5, 0.6) is 5.75 Å². The summed E-state index contributed by atoms with van der Waals surface area (Å²) in [6, 6.07) is 13.9. The maximum Gasteiger partial charge on any atom is 0.254 e. The van der Waals surface area contributed by atoms with Crippen molar-refractivity contribution in [3.05, 3.63) is 81.6 Å². The molecule has 0 radical (unpaired) electrons. The van der Waals surface area contributed by atoms with Crippen LogP contribution in [0.1, 0.15) is 39.5 Å². The zero-order valence-corrected chi connectivity index (χ0v) is 16.4. The van der Waals surface area contributed by atoms with Crippen molar-refractivity contribution >= 4 is 17.2 Å². The largest absolute Gasteiger partial charge is 0.487 e. The first-order chi connectivity index (χ1) is 13.6. The second-order valence-corrected chi connectivity index (χ2v) is 7.99. The zero-order chi connectivity index (χ0) is 19.5. The number of carbonyl (C=O) groups excluding carboxylic acids is 1. The standard InChI is InChI=1S/C22H21FN2O2S/c1-15-24-18(14-28-15)13-27-20-10-6-16(7-11-20)22(26)25(19-8-9-19)12-17-4-2-3-5-21(17)23/h2-7,10-11,14,19H,8-9,12-13H2,1H3. The average Bonchev–Trinajstić information content (AvgIpc) is 3.46. The third kappa shape index (κ3) is 4.39. The molecule has 1 aliphatic carbocycles. The molecule has 1 amide bonds. The molecule has 4 nitrogen and oxygen atoms in total. The highest BCUT2D eigenvalue weighted by Gasteiger charge is 2.33. The van der Waals surface area contributed by atoms with Crippen molar-refractivity contribution in [3.63, 3.8) is 0 Å². The van der Waals surface area contributed by atoms with E-state index in [1.54, 1.807) is 58.7 Å². The van der Waals surface area contributed by atoms with Gasteiger partial charge < -0.3 is 9.64 Å². The van der Waals surface area contributed by atoms with Crippen molar-refractivity contribution in [1.29, 1.82) is 0 Å². The fourth-order valence-electron chi connectivity index (χ4n) is 3.05. The molecule has 1 aromatic heterocycles. The van der Waals surface area contributed by atoms with E-state index in [-0.39, 0.29) is 24.3 Å². The SMILES string of the molecule is Cc1nc(COc2ccc(C(=O)N(Cc3ccccc3F)C3CC3)cc2)cs1. The van der Waals surface area contributed by atoms with Crippen LogP contribution in [0.25, 0.3) is 0 Å². The van der Waals surface area contributed by atoms with Crippen LogP contribution in [-0.4, -0.2) is 21.8 Å². The summed E-state index contributed by atoms with van der Waals surface area (Å²) in [5, 5.41) is 2.98. The van der Waals surface area contributed by atoms with Gasteiger partial charge in [0, 0.05) is 29.1 Å². The van der Waals surface area contributed by atoms with Gasteiger partial charge in [0.2, 0.25) is 0 Å². The number of hydrogen-bond donors (Lipinski definition) is 0. The van der Waals surface area contributed by atoms with Crippen LogP contribution in [-0.2, 0) is 13.2 Å². The molecule has 2 aromatic carbocycles. The van der Waals surface area contributed by atoms with Crippen molar-refractivity contribution in [2.75, 3.05) is 0 Å². The van der Waals surface area contributed by atoms with Gasteiger partial charge in [-0.15, -0.1) is 11.3 Å². The van der Waals surface area contributed by atoms with E-state index < -0.39 is 0 Å². The fourth-order valence-corrected chi connectivity index (χ4v) is 3.65. The maximum absolute atomic E-state index is 14.0. The summed E-state index contributed by atoms with van der Waals surface area (Å²) >= 11 is 1.59. The Morgan fingerprint density at radius 1 is 1.21 bits per heavy atom. The van der Waals surface area contributed by atoms with Gasteiger partial charge in [-0.05, 0) is 50.1 Å². The molecule has 4 rings (SSSR count). The van der Waals surface area contributed by atoms with E-state index in [0.29, 0.717) is 23.5 Å². The van der Waals surface area contributed by atoms with Gasteiger partial charge in [-0.1, -0.05) is 18.2 Å². The highest BCUT2D eigenvalue weighted by atomic mass is 32.1. The van der Waals surface area contributed by atoms with Gasteiger partial charge in [-0.2, -0.15) is 0 Å². The predicted molar refractivity (Wildman–Crippen MR) is 107 cm³/mol. The van der Waals surface area contributed by atoms with Crippen LogP contribution in [0.3, 0.4) is 0 Å². The van der Waals surface area contributed by atoms with E-state index >= 15 is 0 Å². The molecule has 0 unspecified atom stereocenters. The first-order valence-electron chi connectivity index (χ1n) is 9.28. The molecule has 3 aromatic rings. The molecule has 28 heavy (non-hydrogen) atoms. The van der Waals surface area contributed by atoms with Gasteiger partial charge in [0.25, 0.3) is 5.91 Å². The van der Waals surface area contributed by atoms with Crippen LogP contribution in [0, 0.1) is 12.7 Å². The molecule has 0 N–H and O–H groups in total. The Morgan fingerprint density at radius 3 is 2.61 bits per heavy atom. The summed E-state index contributed by atoms with van der Waals surface area (Å²) < 4.78 is 19.8. The summed E-state index contributed by atoms with van der Waals surface area (Å²) in [4.78, 5) is 19.1. The Bertz CT molecular complexity index is 967. The minimum atomic E-state index is -0.276. The van der Waals surface area contributed by atoms with E-state index in [1.807, 2.05) is 12.3 Å². The molecular weight excluding hydrogens is 375 g/mol. The van der Waals surface area contributed by atoms with Gasteiger partial charge in [0.15, 0.2) is 0 Å². The Morgan fingerprint density at radius 2 is 1.96 bits per heavy atom. The van der Waals surface area contributed by atoms with Gasteiger partial charge in [-0.3, -0.25) is 4.79 Å². The lowest BCUT2D eigenvalue weighted by Crippen LogP contribution is -2.32. The van der Waals surface area contributed by atoms with Crippen LogP contribution >= 0.6 is 11.3 Å². The van der Waals surface area contributed by atoms with Gasteiger partial charge in [0.1, 0.15) is 18.2 Å². The molecule has 1 saturated carbocycles.